The number of aromatic nitrogens is 1. The van der Waals surface area contributed by atoms with Crippen LogP contribution >= 0.6 is 15.9 Å². The minimum atomic E-state index is -0.208. The summed E-state index contributed by atoms with van der Waals surface area (Å²) in [6.07, 6.45) is 3.24. The number of nitrogens with one attached hydrogen (secondary N) is 1. The molecule has 2 aromatic rings. The van der Waals surface area contributed by atoms with Crippen molar-refractivity contribution in [2.75, 3.05) is 11.1 Å². The van der Waals surface area contributed by atoms with Crippen molar-refractivity contribution in [1.29, 1.82) is 0 Å². The largest absolute Gasteiger partial charge is 0.398 e. The van der Waals surface area contributed by atoms with Gasteiger partial charge in [0.1, 0.15) is 0 Å². The van der Waals surface area contributed by atoms with Gasteiger partial charge in [0.15, 0.2) is 0 Å². The summed E-state index contributed by atoms with van der Waals surface area (Å²) in [6.45, 7) is 3.81. The van der Waals surface area contributed by atoms with E-state index < -0.39 is 0 Å². The molecule has 1 heterocycles. The van der Waals surface area contributed by atoms with Crippen LogP contribution < -0.4 is 11.1 Å². The molecular weight excluding hydrogens is 306 g/mol. The summed E-state index contributed by atoms with van der Waals surface area (Å²) in [5.74, 6) is -0.208. The zero-order chi connectivity index (χ0) is 14.0. The molecule has 0 unspecified atom stereocenters. The number of pyridine rings is 1. The van der Waals surface area contributed by atoms with Crippen molar-refractivity contribution in [3.8, 4) is 0 Å². The molecule has 4 nitrogen and oxygen atoms in total. The number of nitrogens with two attached hydrogens (primary N) is 1. The van der Waals surface area contributed by atoms with Crippen LogP contribution in [0.15, 0.2) is 35.1 Å². The fourth-order valence-electron chi connectivity index (χ4n) is 1.66. The third-order valence-corrected chi connectivity index (χ3v) is 3.40. The van der Waals surface area contributed by atoms with Gasteiger partial charge in [0.2, 0.25) is 0 Å². The van der Waals surface area contributed by atoms with Crippen LogP contribution in [0.25, 0.3) is 0 Å². The predicted octanol–water partition coefficient (Wildman–Crippen LogP) is 3.30. The number of hydrogen-bond donors (Lipinski definition) is 2. The van der Waals surface area contributed by atoms with Gasteiger partial charge in [-0.1, -0.05) is 0 Å². The molecule has 3 N–H and O–H groups in total. The Hall–Kier alpha value is -1.88. The van der Waals surface area contributed by atoms with Gasteiger partial charge in [0, 0.05) is 22.6 Å². The van der Waals surface area contributed by atoms with E-state index in [1.807, 2.05) is 19.9 Å². The molecule has 0 aliphatic rings. The highest BCUT2D eigenvalue weighted by Gasteiger charge is 2.10. The Morgan fingerprint density at radius 2 is 2.00 bits per heavy atom. The minimum Gasteiger partial charge on any atom is -0.398 e. The van der Waals surface area contributed by atoms with Crippen molar-refractivity contribution in [3.05, 3.63) is 51.8 Å². The molecule has 0 bridgehead atoms. The molecule has 2 rings (SSSR count). The number of carbonyl (C=O) groups excluding carboxylic acids is 1. The number of hydrogen-bond acceptors (Lipinski definition) is 3. The van der Waals surface area contributed by atoms with Crippen LogP contribution in [0.5, 0.6) is 0 Å². The Labute approximate surface area is 120 Å². The number of benzene rings is 1. The first-order valence-corrected chi connectivity index (χ1v) is 6.55. The summed E-state index contributed by atoms with van der Waals surface area (Å²) < 4.78 is 0.799. The van der Waals surface area contributed by atoms with Crippen molar-refractivity contribution in [2.45, 2.75) is 13.8 Å². The van der Waals surface area contributed by atoms with Crippen LogP contribution in [0.3, 0.4) is 0 Å². The van der Waals surface area contributed by atoms with E-state index in [9.17, 15) is 4.79 Å². The number of rotatable bonds is 2. The fourth-order valence-corrected chi connectivity index (χ4v) is 2.22. The lowest BCUT2D eigenvalue weighted by Crippen LogP contribution is -2.13. The van der Waals surface area contributed by atoms with Crippen LogP contribution in [0.4, 0.5) is 11.4 Å². The lowest BCUT2D eigenvalue weighted by molar-refractivity contribution is 0.102. The maximum Gasteiger partial charge on any atom is 0.257 e. The first-order chi connectivity index (χ1) is 8.97. The second kappa shape index (κ2) is 5.40. The highest BCUT2D eigenvalue weighted by atomic mass is 79.9. The van der Waals surface area contributed by atoms with E-state index in [1.54, 1.807) is 18.3 Å². The van der Waals surface area contributed by atoms with Crippen LogP contribution in [0.2, 0.25) is 0 Å². The van der Waals surface area contributed by atoms with Crippen molar-refractivity contribution in [3.63, 3.8) is 0 Å². The monoisotopic (exact) mass is 319 g/mol. The van der Waals surface area contributed by atoms with E-state index in [0.717, 1.165) is 15.6 Å². The van der Waals surface area contributed by atoms with E-state index in [1.165, 1.54) is 6.20 Å². The molecule has 0 radical (unpaired) electrons. The SMILES string of the molecule is Cc1cncc(C(=O)Nc2cc(N)c(C)cc2Br)c1. The van der Waals surface area contributed by atoms with Gasteiger partial charge in [-0.2, -0.15) is 0 Å². The molecule has 0 saturated heterocycles. The Morgan fingerprint density at radius 3 is 2.68 bits per heavy atom. The van der Waals surface area contributed by atoms with Gasteiger partial charge in [-0.05, 0) is 59.1 Å². The Kier molecular flexibility index (Phi) is 3.85. The third-order valence-electron chi connectivity index (χ3n) is 2.74. The lowest BCUT2D eigenvalue weighted by atomic mass is 10.1. The first-order valence-electron chi connectivity index (χ1n) is 5.76. The Morgan fingerprint density at radius 1 is 1.26 bits per heavy atom. The highest BCUT2D eigenvalue weighted by molar-refractivity contribution is 9.10. The minimum absolute atomic E-state index is 0.208. The summed E-state index contributed by atoms with van der Waals surface area (Å²) in [4.78, 5) is 16.1. The summed E-state index contributed by atoms with van der Waals surface area (Å²) >= 11 is 3.41. The molecule has 1 aromatic heterocycles. The number of anilines is 2. The second-order valence-electron chi connectivity index (χ2n) is 4.39. The average Bonchev–Trinajstić information content (AvgIpc) is 2.36. The quantitative estimate of drug-likeness (QED) is 0.834. The van der Waals surface area contributed by atoms with Crippen LogP contribution in [0, 0.1) is 13.8 Å². The Bertz CT molecular complexity index is 641. The predicted molar refractivity (Wildman–Crippen MR) is 80.2 cm³/mol. The standard InChI is InChI=1S/C14H14BrN3O/c1-8-3-10(7-17-6-8)14(19)18-13-5-12(16)9(2)4-11(13)15/h3-7H,16H2,1-2H3,(H,18,19). The van der Waals surface area contributed by atoms with Gasteiger partial charge in [-0.3, -0.25) is 9.78 Å². The molecule has 0 aliphatic heterocycles. The van der Waals surface area contributed by atoms with Crippen molar-refractivity contribution in [1.82, 2.24) is 4.98 Å². The summed E-state index contributed by atoms with van der Waals surface area (Å²) in [5, 5.41) is 2.82. The van der Waals surface area contributed by atoms with E-state index >= 15 is 0 Å². The molecular formula is C14H14BrN3O. The van der Waals surface area contributed by atoms with Gasteiger partial charge in [0.05, 0.1) is 11.3 Å². The molecule has 19 heavy (non-hydrogen) atoms. The van der Waals surface area contributed by atoms with Gasteiger partial charge in [-0.15, -0.1) is 0 Å². The zero-order valence-corrected chi connectivity index (χ0v) is 12.3. The molecule has 0 spiro atoms. The lowest BCUT2D eigenvalue weighted by Gasteiger charge is -2.10. The second-order valence-corrected chi connectivity index (χ2v) is 5.25. The average molecular weight is 320 g/mol. The molecule has 0 saturated carbocycles. The maximum absolute atomic E-state index is 12.1. The van der Waals surface area contributed by atoms with Gasteiger partial charge < -0.3 is 11.1 Å². The normalized spacial score (nSPS) is 10.3. The van der Waals surface area contributed by atoms with E-state index in [4.69, 9.17) is 5.73 Å². The number of nitrogens with zero attached hydrogens (tertiary/aromatic N) is 1. The number of carbonyl (C=O) groups is 1. The number of halogens is 1. The van der Waals surface area contributed by atoms with Gasteiger partial charge >= 0.3 is 0 Å². The Balaban J connectivity index is 2.27. The maximum atomic E-state index is 12.1. The van der Waals surface area contributed by atoms with Gasteiger partial charge in [0.25, 0.3) is 5.91 Å². The fraction of sp³-hybridized carbons (Fsp3) is 0.143. The van der Waals surface area contributed by atoms with Crippen molar-refractivity contribution < 1.29 is 4.79 Å². The number of aryl methyl sites for hydroxylation is 2. The number of amides is 1. The van der Waals surface area contributed by atoms with Crippen LogP contribution in [-0.2, 0) is 0 Å². The van der Waals surface area contributed by atoms with E-state index in [-0.39, 0.29) is 5.91 Å². The van der Waals surface area contributed by atoms with Crippen molar-refractivity contribution >= 4 is 33.2 Å². The van der Waals surface area contributed by atoms with Crippen LogP contribution in [0.1, 0.15) is 21.5 Å². The topological polar surface area (TPSA) is 68.0 Å². The van der Waals surface area contributed by atoms with Gasteiger partial charge in [-0.25, -0.2) is 0 Å². The molecule has 0 aliphatic carbocycles. The first kappa shape index (κ1) is 13.5. The molecule has 5 heteroatoms. The smallest absolute Gasteiger partial charge is 0.257 e. The molecule has 1 amide bonds. The van der Waals surface area contributed by atoms with Crippen LogP contribution in [-0.4, -0.2) is 10.9 Å². The molecule has 0 fully saturated rings. The summed E-state index contributed by atoms with van der Waals surface area (Å²) in [7, 11) is 0. The molecule has 1 aromatic carbocycles. The zero-order valence-electron chi connectivity index (χ0n) is 10.7. The van der Waals surface area contributed by atoms with E-state index in [0.29, 0.717) is 16.9 Å². The van der Waals surface area contributed by atoms with Crippen molar-refractivity contribution in [2.24, 2.45) is 0 Å². The molecule has 98 valence electrons. The highest BCUT2D eigenvalue weighted by Crippen LogP contribution is 2.28. The number of nitrogen functional groups attached to an aromatic ring is 1. The third kappa shape index (κ3) is 3.12. The summed E-state index contributed by atoms with van der Waals surface area (Å²) in [6, 6.07) is 5.40. The molecule has 0 atom stereocenters. The van der Waals surface area contributed by atoms with E-state index in [2.05, 4.69) is 26.2 Å². The summed E-state index contributed by atoms with van der Waals surface area (Å²) in [5.41, 5.74) is 9.55.